The van der Waals surface area contributed by atoms with E-state index >= 15 is 0 Å². The Labute approximate surface area is 160 Å². The Morgan fingerprint density at radius 3 is 2.70 bits per heavy atom. The van der Waals surface area contributed by atoms with Gasteiger partial charge >= 0.3 is 5.97 Å². The number of hydrogen-bond acceptors (Lipinski definition) is 3. The van der Waals surface area contributed by atoms with Crippen molar-refractivity contribution < 1.29 is 9.90 Å². The SMILES string of the molecule is Cc1nc(-c2cncc(Cl)c2)n(Cc2cccc3ccccc23)c1C(=O)O. The molecule has 0 fully saturated rings. The molecule has 0 bridgehead atoms. The third-order valence-electron chi connectivity index (χ3n) is 4.52. The van der Waals surface area contributed by atoms with E-state index in [2.05, 4.69) is 9.97 Å². The van der Waals surface area contributed by atoms with Crippen LogP contribution in [0.2, 0.25) is 5.02 Å². The zero-order valence-corrected chi connectivity index (χ0v) is 15.3. The van der Waals surface area contributed by atoms with Crippen LogP contribution in [-0.2, 0) is 6.54 Å². The largest absolute Gasteiger partial charge is 0.477 e. The van der Waals surface area contributed by atoms with Crippen LogP contribution in [-0.4, -0.2) is 25.6 Å². The minimum atomic E-state index is -1.01. The maximum atomic E-state index is 11.9. The first kappa shape index (κ1) is 17.2. The summed E-state index contributed by atoms with van der Waals surface area (Å²) in [6.45, 7) is 2.08. The highest BCUT2D eigenvalue weighted by Crippen LogP contribution is 2.27. The highest BCUT2D eigenvalue weighted by molar-refractivity contribution is 6.30. The molecule has 4 aromatic rings. The van der Waals surface area contributed by atoms with Gasteiger partial charge in [0.15, 0.2) is 5.69 Å². The number of benzene rings is 2. The Morgan fingerprint density at radius 2 is 1.93 bits per heavy atom. The fourth-order valence-corrected chi connectivity index (χ4v) is 3.53. The topological polar surface area (TPSA) is 68.0 Å². The molecular weight excluding hydrogens is 362 g/mol. The number of aromatic nitrogens is 3. The molecule has 5 nitrogen and oxygen atoms in total. The number of fused-ring (bicyclic) bond motifs is 1. The van der Waals surface area contributed by atoms with Crippen LogP contribution in [0.4, 0.5) is 0 Å². The number of pyridine rings is 1. The lowest BCUT2D eigenvalue weighted by Gasteiger charge is -2.13. The van der Waals surface area contributed by atoms with E-state index in [9.17, 15) is 9.90 Å². The van der Waals surface area contributed by atoms with Gasteiger partial charge in [-0.15, -0.1) is 0 Å². The van der Waals surface area contributed by atoms with E-state index in [0.717, 1.165) is 16.3 Å². The first-order valence-corrected chi connectivity index (χ1v) is 8.80. The minimum Gasteiger partial charge on any atom is -0.477 e. The lowest BCUT2D eigenvalue weighted by molar-refractivity contribution is 0.0685. The molecule has 2 heterocycles. The summed E-state index contributed by atoms with van der Waals surface area (Å²) >= 11 is 6.08. The van der Waals surface area contributed by atoms with E-state index < -0.39 is 5.97 Å². The van der Waals surface area contributed by atoms with Gasteiger partial charge in [0.25, 0.3) is 0 Å². The zero-order valence-electron chi connectivity index (χ0n) is 14.6. The third kappa shape index (κ3) is 3.17. The molecule has 0 aliphatic rings. The maximum absolute atomic E-state index is 11.9. The molecule has 6 heteroatoms. The normalized spacial score (nSPS) is 11.0. The van der Waals surface area contributed by atoms with Gasteiger partial charge in [-0.2, -0.15) is 0 Å². The van der Waals surface area contributed by atoms with Crippen molar-refractivity contribution in [1.29, 1.82) is 0 Å². The van der Waals surface area contributed by atoms with Gasteiger partial charge in [-0.05, 0) is 29.3 Å². The summed E-state index contributed by atoms with van der Waals surface area (Å²) in [5.41, 5.74) is 2.32. The van der Waals surface area contributed by atoms with Gasteiger partial charge < -0.3 is 9.67 Å². The molecule has 27 heavy (non-hydrogen) atoms. The van der Waals surface area contributed by atoms with E-state index in [4.69, 9.17) is 11.6 Å². The molecule has 0 saturated carbocycles. The van der Waals surface area contributed by atoms with Crippen LogP contribution in [0, 0.1) is 6.92 Å². The van der Waals surface area contributed by atoms with E-state index in [-0.39, 0.29) is 5.69 Å². The standard InChI is InChI=1S/C21H16ClN3O2/c1-13-19(21(26)27)25(20(24-13)16-9-17(22)11-23-10-16)12-15-7-4-6-14-5-2-3-8-18(14)15/h2-11H,12H2,1H3,(H,26,27). The van der Waals surface area contributed by atoms with Crippen LogP contribution in [0.5, 0.6) is 0 Å². The molecule has 2 aromatic carbocycles. The number of nitrogens with zero attached hydrogens (tertiary/aromatic N) is 3. The molecule has 0 atom stereocenters. The minimum absolute atomic E-state index is 0.165. The molecule has 134 valence electrons. The smallest absolute Gasteiger partial charge is 0.354 e. The molecule has 2 aromatic heterocycles. The van der Waals surface area contributed by atoms with Gasteiger partial charge in [-0.1, -0.05) is 54.1 Å². The van der Waals surface area contributed by atoms with Gasteiger partial charge in [0, 0.05) is 18.0 Å². The number of hydrogen-bond donors (Lipinski definition) is 1. The van der Waals surface area contributed by atoms with Crippen molar-refractivity contribution >= 4 is 28.3 Å². The van der Waals surface area contributed by atoms with Crippen LogP contribution in [0.25, 0.3) is 22.2 Å². The van der Waals surface area contributed by atoms with Crippen LogP contribution >= 0.6 is 11.6 Å². The summed E-state index contributed by atoms with van der Waals surface area (Å²) in [7, 11) is 0. The number of rotatable bonds is 4. The average molecular weight is 378 g/mol. The molecule has 0 unspecified atom stereocenters. The van der Waals surface area contributed by atoms with Gasteiger partial charge in [0.05, 0.1) is 17.3 Å². The predicted molar refractivity (Wildman–Crippen MR) is 105 cm³/mol. The highest BCUT2D eigenvalue weighted by Gasteiger charge is 2.22. The number of halogens is 1. The highest BCUT2D eigenvalue weighted by atomic mass is 35.5. The van der Waals surface area contributed by atoms with E-state index in [0.29, 0.717) is 28.6 Å². The van der Waals surface area contributed by atoms with Crippen LogP contribution in [0.3, 0.4) is 0 Å². The van der Waals surface area contributed by atoms with Gasteiger partial charge in [-0.25, -0.2) is 9.78 Å². The Kier molecular flexibility index (Phi) is 4.38. The van der Waals surface area contributed by atoms with Gasteiger partial charge in [0.1, 0.15) is 5.82 Å². The van der Waals surface area contributed by atoms with Crippen molar-refractivity contribution in [2.75, 3.05) is 0 Å². The second-order valence-corrected chi connectivity index (χ2v) is 6.73. The summed E-state index contributed by atoms with van der Waals surface area (Å²) in [6.07, 6.45) is 3.17. The summed E-state index contributed by atoms with van der Waals surface area (Å²) in [5, 5.41) is 12.4. The molecule has 0 aliphatic heterocycles. The Hall–Kier alpha value is -3.18. The van der Waals surface area contributed by atoms with E-state index in [1.165, 1.54) is 6.20 Å². The molecule has 4 rings (SSSR count). The Bertz CT molecular complexity index is 1160. The molecule has 1 N–H and O–H groups in total. The van der Waals surface area contributed by atoms with Gasteiger partial charge in [0.2, 0.25) is 0 Å². The van der Waals surface area contributed by atoms with Crippen molar-refractivity contribution in [3.05, 3.63) is 82.9 Å². The third-order valence-corrected chi connectivity index (χ3v) is 4.72. The molecule has 0 aliphatic carbocycles. The molecule has 0 spiro atoms. The Morgan fingerprint density at radius 1 is 1.15 bits per heavy atom. The van der Waals surface area contributed by atoms with Crippen molar-refractivity contribution in [1.82, 2.24) is 14.5 Å². The fourth-order valence-electron chi connectivity index (χ4n) is 3.35. The van der Waals surface area contributed by atoms with Crippen LogP contribution in [0.1, 0.15) is 21.7 Å². The van der Waals surface area contributed by atoms with Crippen LogP contribution < -0.4 is 0 Å². The molecule has 0 amide bonds. The molecule has 0 saturated heterocycles. The van der Waals surface area contributed by atoms with Crippen molar-refractivity contribution in [3.63, 3.8) is 0 Å². The van der Waals surface area contributed by atoms with E-state index in [1.807, 2.05) is 42.5 Å². The summed E-state index contributed by atoms with van der Waals surface area (Å²) < 4.78 is 1.72. The van der Waals surface area contributed by atoms with Crippen LogP contribution in [0.15, 0.2) is 60.9 Å². The number of carbonyl (C=O) groups is 1. The second-order valence-electron chi connectivity index (χ2n) is 6.29. The summed E-state index contributed by atoms with van der Waals surface area (Å²) in [6, 6.07) is 15.8. The van der Waals surface area contributed by atoms with Gasteiger partial charge in [-0.3, -0.25) is 4.98 Å². The first-order valence-electron chi connectivity index (χ1n) is 8.42. The second kappa shape index (κ2) is 6.85. The average Bonchev–Trinajstić information content (AvgIpc) is 2.98. The number of carboxylic acid groups (broad SMARTS) is 1. The van der Waals surface area contributed by atoms with Crippen molar-refractivity contribution in [2.24, 2.45) is 0 Å². The molecular formula is C21H16ClN3O2. The van der Waals surface area contributed by atoms with E-state index in [1.54, 1.807) is 23.8 Å². The number of imidazole rings is 1. The summed E-state index contributed by atoms with van der Waals surface area (Å²) in [4.78, 5) is 20.5. The summed E-state index contributed by atoms with van der Waals surface area (Å²) in [5.74, 6) is -0.477. The quantitative estimate of drug-likeness (QED) is 0.554. The molecule has 0 radical (unpaired) electrons. The number of aryl methyl sites for hydroxylation is 1. The van der Waals surface area contributed by atoms with Crippen molar-refractivity contribution in [3.8, 4) is 11.4 Å². The fraction of sp³-hybridized carbons (Fsp3) is 0.0952. The zero-order chi connectivity index (χ0) is 19.0. The maximum Gasteiger partial charge on any atom is 0.354 e. The predicted octanol–water partition coefficient (Wildman–Crippen LogP) is 4.81. The van der Waals surface area contributed by atoms with Crippen molar-refractivity contribution in [2.45, 2.75) is 13.5 Å². The first-order chi connectivity index (χ1) is 13.0. The number of aromatic carboxylic acids is 1. The number of carboxylic acids is 1. The lowest BCUT2D eigenvalue weighted by Crippen LogP contribution is -2.12. The Balaban J connectivity index is 1.92. The monoisotopic (exact) mass is 377 g/mol. The lowest BCUT2D eigenvalue weighted by atomic mass is 10.0.